The quantitative estimate of drug-likeness (QED) is 0.683. The van der Waals surface area contributed by atoms with E-state index in [1.54, 1.807) is 0 Å². The van der Waals surface area contributed by atoms with Gasteiger partial charge >= 0.3 is 13.2 Å². The fourth-order valence-electron chi connectivity index (χ4n) is 4.35. The average Bonchev–Trinajstić information content (AvgIpc) is 3.21. The molecule has 3 aliphatic rings. The highest BCUT2D eigenvalue weighted by Gasteiger charge is 2.65. The first-order valence-electron chi connectivity index (χ1n) is 10.6. The highest BCUT2D eigenvalue weighted by Crippen LogP contribution is 2.64. The van der Waals surface area contributed by atoms with Crippen molar-refractivity contribution in [3.8, 4) is 0 Å². The Balaban J connectivity index is 1.37. The van der Waals surface area contributed by atoms with E-state index < -0.39 is 0 Å². The van der Waals surface area contributed by atoms with Crippen LogP contribution in [0.15, 0.2) is 30.3 Å². The summed E-state index contributed by atoms with van der Waals surface area (Å²) in [6, 6.07) is 10.1. The van der Waals surface area contributed by atoms with Crippen molar-refractivity contribution in [2.45, 2.75) is 89.0 Å². The summed E-state index contributed by atoms with van der Waals surface area (Å²) in [5.74, 6) is 0. The number of hydrogen-bond acceptors (Lipinski definition) is 4. The fourth-order valence-corrected chi connectivity index (χ4v) is 4.35. The molecule has 1 unspecified atom stereocenters. The number of amides is 1. The molecule has 4 rings (SSSR count). The predicted octanol–water partition coefficient (Wildman–Crippen LogP) is 4.80. The Kier molecular flexibility index (Phi) is 4.99. The van der Waals surface area contributed by atoms with E-state index >= 15 is 0 Å². The topological polar surface area (TPSA) is 48.0 Å². The van der Waals surface area contributed by atoms with Gasteiger partial charge in [0.05, 0.1) is 11.2 Å². The van der Waals surface area contributed by atoms with E-state index in [-0.39, 0.29) is 35.8 Å². The summed E-state index contributed by atoms with van der Waals surface area (Å²) in [5, 5.41) is 0.0397. The summed E-state index contributed by atoms with van der Waals surface area (Å²) < 4.78 is 18.3. The van der Waals surface area contributed by atoms with Crippen LogP contribution < -0.4 is 0 Å². The van der Waals surface area contributed by atoms with Crippen molar-refractivity contribution in [1.29, 1.82) is 0 Å². The molecule has 0 radical (unpaired) electrons. The van der Waals surface area contributed by atoms with E-state index in [0.717, 1.165) is 44.2 Å². The van der Waals surface area contributed by atoms with Crippen LogP contribution in [-0.4, -0.2) is 41.9 Å². The molecule has 1 aromatic carbocycles. The van der Waals surface area contributed by atoms with Crippen molar-refractivity contribution in [3.05, 3.63) is 35.9 Å². The van der Waals surface area contributed by atoms with Gasteiger partial charge in [0.15, 0.2) is 0 Å². The minimum Gasteiger partial charge on any atom is -0.445 e. The monoisotopic (exact) mass is 385 g/mol. The Morgan fingerprint density at radius 1 is 1.14 bits per heavy atom. The van der Waals surface area contributed by atoms with Crippen molar-refractivity contribution in [3.63, 3.8) is 0 Å². The smallest absolute Gasteiger partial charge is 0.445 e. The highest BCUT2D eigenvalue weighted by atomic mass is 16.7. The van der Waals surface area contributed by atoms with Crippen molar-refractivity contribution >= 4 is 13.2 Å². The first kappa shape index (κ1) is 19.8. The zero-order chi connectivity index (χ0) is 20.0. The van der Waals surface area contributed by atoms with Gasteiger partial charge < -0.3 is 18.9 Å². The third-order valence-electron chi connectivity index (χ3n) is 7.10. The van der Waals surface area contributed by atoms with Gasteiger partial charge in [-0.05, 0) is 65.4 Å². The summed E-state index contributed by atoms with van der Waals surface area (Å²) in [5.41, 5.74) is 0.400. The van der Waals surface area contributed by atoms with E-state index in [1.807, 2.05) is 35.2 Å². The molecule has 0 aromatic heterocycles. The molecule has 2 saturated heterocycles. The molecule has 6 heteroatoms. The fraction of sp³-hybridized carbons (Fsp3) is 0.682. The Labute approximate surface area is 168 Å². The van der Waals surface area contributed by atoms with E-state index in [9.17, 15) is 4.79 Å². The Morgan fingerprint density at radius 3 is 2.39 bits per heavy atom. The Morgan fingerprint density at radius 2 is 1.79 bits per heavy atom. The van der Waals surface area contributed by atoms with Gasteiger partial charge in [-0.25, -0.2) is 4.79 Å². The first-order chi connectivity index (χ1) is 13.2. The van der Waals surface area contributed by atoms with Crippen molar-refractivity contribution in [2.75, 3.05) is 6.54 Å². The molecule has 0 bridgehead atoms. The van der Waals surface area contributed by atoms with Crippen LogP contribution in [0.25, 0.3) is 0 Å². The molecule has 3 fully saturated rings. The molecule has 1 saturated carbocycles. The minimum atomic E-state index is -0.308. The van der Waals surface area contributed by atoms with Crippen LogP contribution in [0, 0.1) is 0 Å². The molecule has 2 aliphatic heterocycles. The van der Waals surface area contributed by atoms with Crippen LogP contribution >= 0.6 is 0 Å². The first-order valence-corrected chi connectivity index (χ1v) is 10.6. The maximum absolute atomic E-state index is 12.7. The lowest BCUT2D eigenvalue weighted by molar-refractivity contribution is 0.00578. The molecule has 0 N–H and O–H groups in total. The molecular weight excluding hydrogens is 353 g/mol. The lowest BCUT2D eigenvalue weighted by Crippen LogP contribution is -2.41. The lowest BCUT2D eigenvalue weighted by Gasteiger charge is -2.32. The predicted molar refractivity (Wildman–Crippen MR) is 109 cm³/mol. The molecule has 5 nitrogen and oxygen atoms in total. The van der Waals surface area contributed by atoms with Crippen LogP contribution in [0.5, 0.6) is 0 Å². The zero-order valence-electron chi connectivity index (χ0n) is 17.6. The van der Waals surface area contributed by atoms with E-state index in [1.165, 1.54) is 0 Å². The number of rotatable bonds is 5. The molecule has 2 heterocycles. The van der Waals surface area contributed by atoms with Gasteiger partial charge in [0, 0.05) is 17.9 Å². The van der Waals surface area contributed by atoms with Gasteiger partial charge in [-0.2, -0.15) is 0 Å². The molecule has 1 aromatic rings. The number of likely N-dealkylation sites (tertiary alicyclic amines) is 1. The van der Waals surface area contributed by atoms with Gasteiger partial charge in [0.1, 0.15) is 6.61 Å². The van der Waals surface area contributed by atoms with Crippen LogP contribution in [0.2, 0.25) is 5.31 Å². The molecule has 0 spiro atoms. The van der Waals surface area contributed by atoms with E-state index in [2.05, 4.69) is 27.7 Å². The maximum Gasteiger partial charge on any atom is 0.464 e. The zero-order valence-corrected chi connectivity index (χ0v) is 17.6. The summed E-state index contributed by atoms with van der Waals surface area (Å²) in [6.45, 7) is 9.51. The van der Waals surface area contributed by atoms with Crippen LogP contribution in [-0.2, 0) is 20.7 Å². The standard InChI is InChI=1S/C22H32BNO4/c1-20(2)21(3,4)28-23(27-20)22(12-13-22)15-18-11-8-14-24(18)19(25)26-16-17-9-6-5-7-10-17/h5-7,9-10,18H,8,11-16H2,1-4H3. The number of hydrogen-bond donors (Lipinski definition) is 0. The SMILES string of the molecule is CC1(C)OB(C2(CC3CCCN3C(=O)OCc3ccccc3)CC2)OC1(C)C. The van der Waals surface area contributed by atoms with Gasteiger partial charge in [-0.15, -0.1) is 0 Å². The molecular formula is C22H32BNO4. The second-order valence-electron chi connectivity index (χ2n) is 9.68. The Hall–Kier alpha value is -1.53. The summed E-state index contributed by atoms with van der Waals surface area (Å²) in [6.07, 6.45) is 5.01. The van der Waals surface area contributed by atoms with Gasteiger partial charge in [0.25, 0.3) is 0 Å². The minimum absolute atomic E-state index is 0.0397. The number of ether oxygens (including phenoxy) is 1. The molecule has 1 atom stereocenters. The van der Waals surface area contributed by atoms with Crippen LogP contribution in [0.4, 0.5) is 4.79 Å². The summed E-state index contributed by atoms with van der Waals surface area (Å²) in [4.78, 5) is 14.6. The van der Waals surface area contributed by atoms with Gasteiger partial charge in [-0.3, -0.25) is 0 Å². The number of carbonyl (C=O) groups is 1. The number of benzene rings is 1. The third kappa shape index (κ3) is 3.69. The van der Waals surface area contributed by atoms with Crippen molar-refractivity contribution in [2.24, 2.45) is 0 Å². The van der Waals surface area contributed by atoms with Crippen molar-refractivity contribution < 1.29 is 18.8 Å². The largest absolute Gasteiger partial charge is 0.464 e. The summed E-state index contributed by atoms with van der Waals surface area (Å²) in [7, 11) is -0.180. The average molecular weight is 385 g/mol. The van der Waals surface area contributed by atoms with Gasteiger partial charge in [0.2, 0.25) is 0 Å². The third-order valence-corrected chi connectivity index (χ3v) is 7.10. The Bertz CT molecular complexity index is 701. The highest BCUT2D eigenvalue weighted by molar-refractivity contribution is 6.51. The van der Waals surface area contributed by atoms with Crippen LogP contribution in [0.3, 0.4) is 0 Å². The normalized spacial score (nSPS) is 27.1. The number of carbonyl (C=O) groups excluding carboxylic acids is 1. The van der Waals surface area contributed by atoms with Gasteiger partial charge in [-0.1, -0.05) is 30.3 Å². The van der Waals surface area contributed by atoms with E-state index in [0.29, 0.717) is 6.61 Å². The molecule has 152 valence electrons. The molecule has 28 heavy (non-hydrogen) atoms. The van der Waals surface area contributed by atoms with Crippen LogP contribution in [0.1, 0.15) is 65.4 Å². The second kappa shape index (κ2) is 7.07. The number of nitrogens with zero attached hydrogens (tertiary/aromatic N) is 1. The van der Waals surface area contributed by atoms with E-state index in [4.69, 9.17) is 14.0 Å². The maximum atomic E-state index is 12.7. The second-order valence-corrected chi connectivity index (χ2v) is 9.68. The summed E-state index contributed by atoms with van der Waals surface area (Å²) >= 11 is 0. The molecule has 1 amide bonds. The molecule has 1 aliphatic carbocycles. The van der Waals surface area contributed by atoms with Crippen molar-refractivity contribution in [1.82, 2.24) is 4.90 Å². The lowest BCUT2D eigenvalue weighted by atomic mass is 9.64.